The van der Waals surface area contributed by atoms with E-state index in [4.69, 9.17) is 13.9 Å². The maximum atomic E-state index is 11.4. The first-order chi connectivity index (χ1) is 9.28. The molecule has 0 spiro atoms. The van der Waals surface area contributed by atoms with Gasteiger partial charge in [-0.2, -0.15) is 0 Å². The summed E-state index contributed by atoms with van der Waals surface area (Å²) in [7, 11) is 0. The molecule has 0 amide bonds. The average molecular weight is 260 g/mol. The number of aromatic nitrogens is 2. The Morgan fingerprint density at radius 1 is 1.42 bits per heavy atom. The van der Waals surface area contributed by atoms with Gasteiger partial charge in [0.05, 0.1) is 13.2 Å². The van der Waals surface area contributed by atoms with Crippen LogP contribution in [0.5, 0.6) is 5.75 Å². The normalized spacial score (nSPS) is 12.9. The second-order valence-electron chi connectivity index (χ2n) is 4.05. The molecule has 0 saturated heterocycles. The minimum Gasteiger partial charge on any atom is -0.493 e. The molecule has 0 saturated carbocycles. The van der Waals surface area contributed by atoms with Gasteiger partial charge in [-0.15, -0.1) is 10.2 Å². The minimum atomic E-state index is -0.606. The van der Waals surface area contributed by atoms with Crippen LogP contribution in [0.2, 0.25) is 0 Å². The first-order valence-electron chi connectivity index (χ1n) is 6.04. The smallest absolute Gasteiger partial charge is 0.396 e. The summed E-state index contributed by atoms with van der Waals surface area (Å²) in [5.41, 5.74) is 1.88. The largest absolute Gasteiger partial charge is 0.493 e. The fourth-order valence-corrected chi connectivity index (χ4v) is 1.93. The molecular formula is C13H12N2O4. The fourth-order valence-electron chi connectivity index (χ4n) is 1.93. The molecule has 6 nitrogen and oxygen atoms in total. The predicted octanol–water partition coefficient (Wildman–Crippen LogP) is 1.85. The summed E-state index contributed by atoms with van der Waals surface area (Å²) in [6.07, 6.45) is 0.863. The Morgan fingerprint density at radius 3 is 3.16 bits per heavy atom. The van der Waals surface area contributed by atoms with Gasteiger partial charge in [0, 0.05) is 12.0 Å². The molecule has 0 radical (unpaired) electrons. The van der Waals surface area contributed by atoms with Crippen LogP contribution < -0.4 is 4.74 Å². The van der Waals surface area contributed by atoms with Gasteiger partial charge < -0.3 is 13.9 Å². The molecule has 2 aromatic rings. The molecule has 6 heteroatoms. The van der Waals surface area contributed by atoms with Crippen LogP contribution in [0.1, 0.15) is 23.2 Å². The quantitative estimate of drug-likeness (QED) is 0.784. The van der Waals surface area contributed by atoms with E-state index in [0.29, 0.717) is 12.5 Å². The Hall–Kier alpha value is -2.37. The molecule has 0 fully saturated rings. The van der Waals surface area contributed by atoms with Crippen LogP contribution in [0, 0.1) is 0 Å². The van der Waals surface area contributed by atoms with E-state index in [1.807, 2.05) is 18.2 Å². The zero-order valence-electron chi connectivity index (χ0n) is 10.4. The summed E-state index contributed by atoms with van der Waals surface area (Å²) in [5.74, 6) is 0.450. The first kappa shape index (κ1) is 11.7. The number of carbonyl (C=O) groups excluding carboxylic acids is 1. The van der Waals surface area contributed by atoms with E-state index >= 15 is 0 Å². The van der Waals surface area contributed by atoms with Crippen LogP contribution in [0.25, 0.3) is 11.5 Å². The highest BCUT2D eigenvalue weighted by Gasteiger charge is 2.19. The van der Waals surface area contributed by atoms with Crippen molar-refractivity contribution in [2.75, 3.05) is 13.2 Å². The van der Waals surface area contributed by atoms with Crippen LogP contribution in [-0.4, -0.2) is 29.4 Å². The predicted molar refractivity (Wildman–Crippen MR) is 64.9 cm³/mol. The Balaban J connectivity index is 1.88. The zero-order chi connectivity index (χ0) is 13.2. The molecule has 1 aliphatic heterocycles. The lowest BCUT2D eigenvalue weighted by molar-refractivity contribution is 0.0481. The van der Waals surface area contributed by atoms with Gasteiger partial charge in [0.15, 0.2) is 0 Å². The number of fused-ring (bicyclic) bond motifs is 1. The second-order valence-corrected chi connectivity index (χ2v) is 4.05. The van der Waals surface area contributed by atoms with Gasteiger partial charge in [0.25, 0.3) is 0 Å². The number of carbonyl (C=O) groups is 1. The van der Waals surface area contributed by atoms with Crippen molar-refractivity contribution in [3.63, 3.8) is 0 Å². The molecule has 1 aromatic carbocycles. The summed E-state index contributed by atoms with van der Waals surface area (Å²) >= 11 is 0. The number of hydrogen-bond donors (Lipinski definition) is 0. The van der Waals surface area contributed by atoms with Gasteiger partial charge in [-0.25, -0.2) is 4.79 Å². The Kier molecular flexibility index (Phi) is 2.91. The number of nitrogens with zero attached hydrogens (tertiary/aromatic N) is 2. The van der Waals surface area contributed by atoms with Crippen LogP contribution in [0.4, 0.5) is 0 Å². The maximum absolute atomic E-state index is 11.4. The third-order valence-electron chi connectivity index (χ3n) is 2.81. The lowest BCUT2D eigenvalue weighted by Gasteiger charge is -1.99. The average Bonchev–Trinajstić information content (AvgIpc) is 3.07. The SMILES string of the molecule is CCOC(=O)c1nnc(-c2ccc3c(c2)CCO3)o1. The van der Waals surface area contributed by atoms with E-state index in [0.717, 1.165) is 23.3 Å². The lowest BCUT2D eigenvalue weighted by atomic mass is 10.1. The van der Waals surface area contributed by atoms with Crippen molar-refractivity contribution in [2.24, 2.45) is 0 Å². The maximum Gasteiger partial charge on any atom is 0.396 e. The second kappa shape index (κ2) is 4.72. The highest BCUT2D eigenvalue weighted by molar-refractivity contribution is 5.84. The molecule has 1 aliphatic rings. The zero-order valence-corrected chi connectivity index (χ0v) is 10.4. The monoisotopic (exact) mass is 260 g/mol. The topological polar surface area (TPSA) is 74.5 Å². The Bertz CT molecular complexity index is 621. The van der Waals surface area contributed by atoms with Crippen molar-refractivity contribution >= 4 is 5.97 Å². The fraction of sp³-hybridized carbons (Fsp3) is 0.308. The van der Waals surface area contributed by atoms with Crippen LogP contribution >= 0.6 is 0 Å². The minimum absolute atomic E-state index is 0.131. The van der Waals surface area contributed by atoms with E-state index in [9.17, 15) is 4.79 Å². The molecule has 0 bridgehead atoms. The number of ether oxygens (including phenoxy) is 2. The summed E-state index contributed by atoms with van der Waals surface area (Å²) in [6.45, 7) is 2.68. The van der Waals surface area contributed by atoms with Gasteiger partial charge in [-0.1, -0.05) is 0 Å². The number of hydrogen-bond acceptors (Lipinski definition) is 6. The van der Waals surface area contributed by atoms with Crippen molar-refractivity contribution in [1.29, 1.82) is 0 Å². The van der Waals surface area contributed by atoms with Gasteiger partial charge in [-0.05, 0) is 30.7 Å². The highest BCUT2D eigenvalue weighted by Crippen LogP contribution is 2.29. The van der Waals surface area contributed by atoms with Crippen molar-refractivity contribution < 1.29 is 18.7 Å². The number of esters is 1. The molecule has 0 atom stereocenters. The van der Waals surface area contributed by atoms with Crippen LogP contribution in [0.3, 0.4) is 0 Å². The molecule has 98 valence electrons. The summed E-state index contributed by atoms with van der Waals surface area (Å²) in [6, 6.07) is 5.63. The van der Waals surface area contributed by atoms with Gasteiger partial charge in [-0.3, -0.25) is 0 Å². The van der Waals surface area contributed by atoms with E-state index in [1.165, 1.54) is 0 Å². The number of rotatable bonds is 3. The third kappa shape index (κ3) is 2.16. The van der Waals surface area contributed by atoms with Crippen molar-refractivity contribution in [2.45, 2.75) is 13.3 Å². The first-order valence-corrected chi connectivity index (χ1v) is 6.04. The highest BCUT2D eigenvalue weighted by atomic mass is 16.5. The molecule has 19 heavy (non-hydrogen) atoms. The molecule has 0 aliphatic carbocycles. The van der Waals surface area contributed by atoms with E-state index in [2.05, 4.69) is 10.2 Å². The van der Waals surface area contributed by atoms with Crippen molar-refractivity contribution in [3.05, 3.63) is 29.7 Å². The van der Waals surface area contributed by atoms with E-state index < -0.39 is 5.97 Å². The summed E-state index contributed by atoms with van der Waals surface area (Å²) in [5, 5.41) is 7.54. The summed E-state index contributed by atoms with van der Waals surface area (Å²) in [4.78, 5) is 11.4. The number of benzene rings is 1. The molecule has 0 unspecified atom stereocenters. The van der Waals surface area contributed by atoms with E-state index in [-0.39, 0.29) is 12.5 Å². The third-order valence-corrected chi connectivity index (χ3v) is 2.81. The van der Waals surface area contributed by atoms with Crippen molar-refractivity contribution in [3.8, 4) is 17.2 Å². The standard InChI is InChI=1S/C13H12N2O4/c1-2-17-13(16)12-15-14-11(19-12)9-3-4-10-8(7-9)5-6-18-10/h3-4,7H,2,5-6H2,1H3. The van der Waals surface area contributed by atoms with Crippen LogP contribution in [0.15, 0.2) is 22.6 Å². The lowest BCUT2D eigenvalue weighted by Crippen LogP contribution is -2.04. The Morgan fingerprint density at radius 2 is 2.32 bits per heavy atom. The van der Waals surface area contributed by atoms with Gasteiger partial charge >= 0.3 is 11.9 Å². The van der Waals surface area contributed by atoms with Gasteiger partial charge in [0.1, 0.15) is 5.75 Å². The summed E-state index contributed by atoms with van der Waals surface area (Å²) < 4.78 is 15.5. The van der Waals surface area contributed by atoms with E-state index in [1.54, 1.807) is 6.92 Å². The Labute approximate surface area is 109 Å². The molecular weight excluding hydrogens is 248 g/mol. The molecule has 1 aromatic heterocycles. The van der Waals surface area contributed by atoms with Gasteiger partial charge in [0.2, 0.25) is 5.89 Å². The molecule has 3 rings (SSSR count). The molecule has 0 N–H and O–H groups in total. The molecule has 2 heterocycles. The van der Waals surface area contributed by atoms with Crippen molar-refractivity contribution in [1.82, 2.24) is 10.2 Å². The van der Waals surface area contributed by atoms with Crippen LogP contribution in [-0.2, 0) is 11.2 Å².